The minimum absolute atomic E-state index is 0.107. The number of hydrogen-bond donors (Lipinski definition) is 2. The summed E-state index contributed by atoms with van der Waals surface area (Å²) in [5.41, 5.74) is 3.11. The van der Waals surface area contributed by atoms with Crippen LogP contribution in [0.25, 0.3) is 0 Å². The number of nitrogens with one attached hydrogen (secondary N) is 2. The van der Waals surface area contributed by atoms with Gasteiger partial charge < -0.3 is 10.6 Å². The Balaban J connectivity index is 1.86. The Kier molecular flexibility index (Phi) is 6.78. The van der Waals surface area contributed by atoms with Crippen LogP contribution in [0.5, 0.6) is 0 Å². The van der Waals surface area contributed by atoms with Crippen molar-refractivity contribution in [1.82, 2.24) is 15.3 Å². The molecule has 1 aromatic heterocycles. The monoisotopic (exact) mass is 378 g/mol. The van der Waals surface area contributed by atoms with E-state index in [1.54, 1.807) is 0 Å². The molecule has 0 aliphatic heterocycles. The molecule has 0 saturated heterocycles. The summed E-state index contributed by atoms with van der Waals surface area (Å²) < 4.78 is 0. The maximum absolute atomic E-state index is 12.1. The van der Waals surface area contributed by atoms with Crippen LogP contribution in [0.2, 0.25) is 5.02 Å². The van der Waals surface area contributed by atoms with Crippen LogP contribution >= 0.6 is 23.4 Å². The summed E-state index contributed by atoms with van der Waals surface area (Å²) in [4.78, 5) is 32.2. The Morgan fingerprint density at radius 3 is 2.68 bits per heavy atom. The van der Waals surface area contributed by atoms with Crippen LogP contribution in [0.3, 0.4) is 0 Å². The van der Waals surface area contributed by atoms with Crippen LogP contribution in [-0.4, -0.2) is 34.6 Å². The smallest absolute Gasteiger partial charge is 0.271 e. The van der Waals surface area contributed by atoms with Crippen LogP contribution in [-0.2, 0) is 4.79 Å². The van der Waals surface area contributed by atoms with Crippen LogP contribution in [0.15, 0.2) is 29.6 Å². The highest BCUT2D eigenvalue weighted by Gasteiger charge is 2.14. The van der Waals surface area contributed by atoms with Gasteiger partial charge in [-0.05, 0) is 43.4 Å². The van der Waals surface area contributed by atoms with E-state index >= 15 is 0 Å². The predicted molar refractivity (Wildman–Crippen MR) is 100 cm³/mol. The number of rotatable bonds is 6. The minimum atomic E-state index is -0.429. The molecule has 1 heterocycles. The molecule has 2 amide bonds. The van der Waals surface area contributed by atoms with E-state index < -0.39 is 5.91 Å². The number of benzene rings is 1. The third-order valence-electron chi connectivity index (χ3n) is 3.55. The Hall–Kier alpha value is -2.12. The van der Waals surface area contributed by atoms with Crippen LogP contribution in [0.1, 0.15) is 28.0 Å². The molecule has 0 aliphatic rings. The van der Waals surface area contributed by atoms with E-state index in [-0.39, 0.29) is 29.6 Å². The van der Waals surface area contributed by atoms with Gasteiger partial charge >= 0.3 is 0 Å². The second kappa shape index (κ2) is 8.82. The van der Waals surface area contributed by atoms with Gasteiger partial charge in [0.25, 0.3) is 5.91 Å². The summed E-state index contributed by atoms with van der Waals surface area (Å²) in [6, 6.07) is 5.72. The second-order valence-electron chi connectivity index (χ2n) is 5.41. The van der Waals surface area contributed by atoms with Gasteiger partial charge in [0.2, 0.25) is 5.91 Å². The number of carbonyl (C=O) groups is 2. The fourth-order valence-corrected chi connectivity index (χ4v) is 2.54. The highest BCUT2D eigenvalue weighted by Crippen LogP contribution is 2.16. The Labute approximate surface area is 155 Å². The average Bonchev–Trinajstić information content (AvgIpc) is 2.58. The number of aryl methyl sites for hydroxylation is 2. The summed E-state index contributed by atoms with van der Waals surface area (Å²) in [5.74, 6) is -0.608. The lowest BCUT2D eigenvalue weighted by Crippen LogP contribution is -2.28. The van der Waals surface area contributed by atoms with Gasteiger partial charge in [0.05, 0.1) is 11.2 Å². The quantitative estimate of drug-likeness (QED) is 0.595. The van der Waals surface area contributed by atoms with Crippen molar-refractivity contribution in [3.05, 3.63) is 46.2 Å². The number of amides is 2. The maximum atomic E-state index is 12.1. The zero-order valence-electron chi connectivity index (χ0n) is 14.2. The Morgan fingerprint density at radius 1 is 1.24 bits per heavy atom. The van der Waals surface area contributed by atoms with E-state index in [9.17, 15) is 9.59 Å². The van der Waals surface area contributed by atoms with E-state index in [1.807, 2.05) is 38.3 Å². The van der Waals surface area contributed by atoms with E-state index in [4.69, 9.17) is 11.6 Å². The summed E-state index contributed by atoms with van der Waals surface area (Å²) in [6.45, 7) is 4.18. The maximum Gasteiger partial charge on any atom is 0.271 e. The van der Waals surface area contributed by atoms with Crippen molar-refractivity contribution in [2.75, 3.05) is 18.1 Å². The zero-order chi connectivity index (χ0) is 18.4. The lowest BCUT2D eigenvalue weighted by atomic mass is 10.1. The molecular weight excluding hydrogens is 360 g/mol. The van der Waals surface area contributed by atoms with Crippen molar-refractivity contribution in [3.63, 3.8) is 0 Å². The van der Waals surface area contributed by atoms with Crippen LogP contribution in [0, 0.1) is 13.8 Å². The van der Waals surface area contributed by atoms with Crippen molar-refractivity contribution in [2.45, 2.75) is 25.4 Å². The molecule has 0 bridgehead atoms. The molecule has 25 heavy (non-hydrogen) atoms. The van der Waals surface area contributed by atoms with E-state index in [0.29, 0.717) is 5.16 Å². The number of anilines is 1. The third kappa shape index (κ3) is 5.44. The van der Waals surface area contributed by atoms with Crippen molar-refractivity contribution in [1.29, 1.82) is 0 Å². The number of nitrogens with zero attached hydrogens (tertiary/aromatic N) is 2. The molecule has 132 valence electrons. The van der Waals surface area contributed by atoms with E-state index in [1.165, 1.54) is 18.0 Å². The fraction of sp³-hybridized carbons (Fsp3) is 0.294. The number of halogens is 1. The standard InChI is InChI=1S/C17H19ClN4O2S/c1-10-4-5-12(8-11(10)2)21-14(23)6-7-19-16(24)15-13(18)9-20-17(22-15)25-3/h4-5,8-9H,6-7H2,1-3H3,(H,19,24)(H,21,23). The first-order chi connectivity index (χ1) is 11.9. The van der Waals surface area contributed by atoms with Crippen molar-refractivity contribution < 1.29 is 9.59 Å². The normalized spacial score (nSPS) is 10.4. The van der Waals surface area contributed by atoms with Crippen molar-refractivity contribution in [3.8, 4) is 0 Å². The Bertz CT molecular complexity index is 798. The zero-order valence-corrected chi connectivity index (χ0v) is 15.8. The van der Waals surface area contributed by atoms with Gasteiger partial charge in [-0.1, -0.05) is 29.4 Å². The fourth-order valence-electron chi connectivity index (χ4n) is 2.02. The summed E-state index contributed by atoms with van der Waals surface area (Å²) in [5, 5.41) is 6.09. The second-order valence-corrected chi connectivity index (χ2v) is 6.59. The van der Waals surface area contributed by atoms with Crippen molar-refractivity contribution >= 4 is 40.9 Å². The summed E-state index contributed by atoms with van der Waals surface area (Å²) in [7, 11) is 0. The van der Waals surface area contributed by atoms with Gasteiger partial charge in [-0.2, -0.15) is 0 Å². The molecule has 0 atom stereocenters. The highest BCUT2D eigenvalue weighted by molar-refractivity contribution is 7.98. The molecule has 8 heteroatoms. The first-order valence-electron chi connectivity index (χ1n) is 7.62. The summed E-state index contributed by atoms with van der Waals surface area (Å²) in [6.07, 6.45) is 3.35. The number of carbonyl (C=O) groups excluding carboxylic acids is 2. The Morgan fingerprint density at radius 2 is 2.00 bits per heavy atom. The molecule has 0 saturated carbocycles. The molecule has 2 rings (SSSR count). The van der Waals surface area contributed by atoms with Crippen LogP contribution in [0.4, 0.5) is 5.69 Å². The molecule has 0 radical (unpaired) electrons. The topological polar surface area (TPSA) is 84.0 Å². The summed E-state index contributed by atoms with van der Waals surface area (Å²) >= 11 is 7.27. The first-order valence-corrected chi connectivity index (χ1v) is 9.23. The molecule has 1 aromatic carbocycles. The van der Waals surface area contributed by atoms with Gasteiger partial charge in [0, 0.05) is 18.7 Å². The van der Waals surface area contributed by atoms with Gasteiger partial charge in [-0.15, -0.1) is 0 Å². The van der Waals surface area contributed by atoms with Gasteiger partial charge in [0.1, 0.15) is 0 Å². The third-order valence-corrected chi connectivity index (χ3v) is 4.39. The van der Waals surface area contributed by atoms with Crippen LogP contribution < -0.4 is 10.6 Å². The number of thioether (sulfide) groups is 1. The minimum Gasteiger partial charge on any atom is -0.350 e. The highest BCUT2D eigenvalue weighted by atomic mass is 35.5. The van der Waals surface area contributed by atoms with Gasteiger partial charge in [0.15, 0.2) is 10.9 Å². The average molecular weight is 379 g/mol. The molecule has 6 nitrogen and oxygen atoms in total. The lowest BCUT2D eigenvalue weighted by Gasteiger charge is -2.09. The SMILES string of the molecule is CSc1ncc(Cl)c(C(=O)NCCC(=O)Nc2ccc(C)c(C)c2)n1. The predicted octanol–water partition coefficient (Wildman–Crippen LogP) is 3.23. The van der Waals surface area contributed by atoms with E-state index in [2.05, 4.69) is 20.6 Å². The number of hydrogen-bond acceptors (Lipinski definition) is 5. The molecule has 0 aliphatic carbocycles. The van der Waals surface area contributed by atoms with E-state index in [0.717, 1.165) is 16.8 Å². The van der Waals surface area contributed by atoms with Gasteiger partial charge in [-0.3, -0.25) is 9.59 Å². The molecule has 0 unspecified atom stereocenters. The van der Waals surface area contributed by atoms with Crippen molar-refractivity contribution in [2.24, 2.45) is 0 Å². The molecule has 2 aromatic rings. The van der Waals surface area contributed by atoms with Gasteiger partial charge in [-0.25, -0.2) is 9.97 Å². The molecule has 0 spiro atoms. The molecule has 2 N–H and O–H groups in total. The largest absolute Gasteiger partial charge is 0.350 e. The first kappa shape index (κ1) is 19.2. The lowest BCUT2D eigenvalue weighted by molar-refractivity contribution is -0.116. The molecular formula is C17H19ClN4O2S. The molecule has 0 fully saturated rings. The number of aromatic nitrogens is 2.